The zero-order chi connectivity index (χ0) is 31.3. The van der Waals surface area contributed by atoms with Crippen LogP contribution >= 0.6 is 0 Å². The van der Waals surface area contributed by atoms with Crippen molar-refractivity contribution in [2.24, 2.45) is 11.7 Å². The minimum atomic E-state index is -5.08. The molecule has 42 heavy (non-hydrogen) atoms. The van der Waals surface area contributed by atoms with Gasteiger partial charge in [0.1, 0.15) is 0 Å². The molecule has 4 rings (SSSR count). The van der Waals surface area contributed by atoms with Gasteiger partial charge in [0.15, 0.2) is 0 Å². The minimum Gasteiger partial charge on any atom is -0.475 e. The molecule has 2 heterocycles. The molecule has 0 radical (unpaired) electrons. The van der Waals surface area contributed by atoms with E-state index >= 15 is 0 Å². The van der Waals surface area contributed by atoms with E-state index in [2.05, 4.69) is 0 Å². The van der Waals surface area contributed by atoms with E-state index in [1.165, 1.54) is 14.9 Å². The Labute approximate surface area is 242 Å². The highest BCUT2D eigenvalue weighted by molar-refractivity contribution is 7.89. The molecule has 0 bridgehead atoms. The first-order chi connectivity index (χ1) is 19.5. The Kier molecular flexibility index (Phi) is 10.8. The fraction of sp³-hybridized carbons (Fsp3) is 0.462. The third kappa shape index (κ3) is 8.50. The molecule has 2 fully saturated rings. The summed E-state index contributed by atoms with van der Waals surface area (Å²) in [5.74, 6) is -3.54. The first kappa shape index (κ1) is 33.5. The third-order valence-electron chi connectivity index (χ3n) is 7.07. The molecule has 0 saturated carbocycles. The molecule has 1 amide bonds. The Morgan fingerprint density at radius 2 is 1.52 bits per heavy atom. The lowest BCUT2D eigenvalue weighted by atomic mass is 9.85. The molecule has 0 unspecified atom stereocenters. The van der Waals surface area contributed by atoms with Crippen LogP contribution in [0.3, 0.4) is 0 Å². The molecule has 16 heteroatoms. The van der Waals surface area contributed by atoms with Gasteiger partial charge in [-0.05, 0) is 35.6 Å². The second-order valence-corrected chi connectivity index (χ2v) is 13.9. The molecule has 2 aliphatic heterocycles. The smallest absolute Gasteiger partial charge is 0.475 e. The number of nitrogens with zero attached hydrogens (tertiary/aromatic N) is 3. The molecule has 2 aromatic carbocycles. The maximum Gasteiger partial charge on any atom is 0.490 e. The number of carbonyl (C=O) groups is 2. The molecule has 11 nitrogen and oxygen atoms in total. The number of carboxylic acids is 1. The number of hydrogen-bond donors (Lipinski definition) is 2. The van der Waals surface area contributed by atoms with Gasteiger partial charge in [0, 0.05) is 45.8 Å². The number of carbonyl (C=O) groups excluding carboxylic acids is 1. The maximum atomic E-state index is 13.6. The summed E-state index contributed by atoms with van der Waals surface area (Å²) in [6.45, 7) is 1.68. The van der Waals surface area contributed by atoms with Gasteiger partial charge in [-0.1, -0.05) is 42.5 Å². The van der Waals surface area contributed by atoms with Crippen molar-refractivity contribution in [2.75, 3.05) is 45.5 Å². The molecule has 0 spiro atoms. The van der Waals surface area contributed by atoms with Crippen LogP contribution in [0.15, 0.2) is 59.5 Å². The van der Waals surface area contributed by atoms with Crippen molar-refractivity contribution >= 4 is 31.9 Å². The van der Waals surface area contributed by atoms with Crippen molar-refractivity contribution in [1.29, 1.82) is 0 Å². The van der Waals surface area contributed by atoms with Gasteiger partial charge in [-0.25, -0.2) is 21.6 Å². The second-order valence-electron chi connectivity index (χ2n) is 10.0. The third-order valence-corrected chi connectivity index (χ3v) is 10.2. The van der Waals surface area contributed by atoms with Crippen molar-refractivity contribution in [2.45, 2.75) is 30.0 Å². The zero-order valence-corrected chi connectivity index (χ0v) is 24.4. The lowest BCUT2D eigenvalue weighted by Gasteiger charge is -2.40. The van der Waals surface area contributed by atoms with Gasteiger partial charge in [0.2, 0.25) is 26.0 Å². The number of aliphatic carboxylic acids is 1. The van der Waals surface area contributed by atoms with Crippen molar-refractivity contribution < 1.29 is 44.7 Å². The molecule has 0 aliphatic carbocycles. The largest absolute Gasteiger partial charge is 0.490 e. The lowest BCUT2D eigenvalue weighted by molar-refractivity contribution is -0.192. The highest BCUT2D eigenvalue weighted by Gasteiger charge is 2.40. The van der Waals surface area contributed by atoms with Gasteiger partial charge in [-0.3, -0.25) is 4.79 Å². The molecular formula is C26H33F3N4O7S2. The lowest BCUT2D eigenvalue weighted by Crippen LogP contribution is -2.54. The van der Waals surface area contributed by atoms with E-state index in [9.17, 15) is 34.8 Å². The predicted molar refractivity (Wildman–Crippen MR) is 147 cm³/mol. The summed E-state index contributed by atoms with van der Waals surface area (Å²) in [6, 6.07) is 16.3. The summed E-state index contributed by atoms with van der Waals surface area (Å²) < 4.78 is 85.4. The average Bonchev–Trinajstić information content (AvgIpc) is 2.96. The van der Waals surface area contributed by atoms with E-state index in [4.69, 9.17) is 15.6 Å². The number of piperidine rings is 1. The first-order valence-electron chi connectivity index (χ1n) is 12.9. The number of benzene rings is 2. The highest BCUT2D eigenvalue weighted by atomic mass is 32.2. The van der Waals surface area contributed by atoms with E-state index in [1.54, 1.807) is 29.2 Å². The van der Waals surface area contributed by atoms with Crippen LogP contribution in [-0.2, 0) is 36.2 Å². The molecule has 2 aromatic rings. The van der Waals surface area contributed by atoms with E-state index in [-0.39, 0.29) is 49.4 Å². The summed E-state index contributed by atoms with van der Waals surface area (Å²) in [4.78, 5) is 24.2. The maximum absolute atomic E-state index is 13.6. The number of carboxylic acid groups (broad SMARTS) is 1. The Morgan fingerprint density at radius 3 is 2.05 bits per heavy atom. The van der Waals surface area contributed by atoms with Gasteiger partial charge < -0.3 is 15.7 Å². The summed E-state index contributed by atoms with van der Waals surface area (Å²) in [7, 11) is -7.15. The standard InChI is InChI=1S/C24H32N4O5S2.C2HF3O2/c1-34(30,31)27-12-10-26(11-13-27)24(29)22-15-21(20-7-3-2-4-8-20)17-28(18-22)35(32,33)23-9-5-6-19(14-23)16-25;3-2(4,5)1(6)7/h2-9,14,21-22H,10-13,15-18,25H2,1H3;(H,6,7)/t21-,22-;/m0./s1. The van der Waals surface area contributed by atoms with Crippen LogP contribution in [0, 0.1) is 5.92 Å². The van der Waals surface area contributed by atoms with E-state index in [1.807, 2.05) is 30.3 Å². The molecular weight excluding hydrogens is 601 g/mol. The minimum absolute atomic E-state index is 0.0869. The summed E-state index contributed by atoms with van der Waals surface area (Å²) >= 11 is 0. The topological polar surface area (TPSA) is 158 Å². The van der Waals surface area contributed by atoms with Crippen LogP contribution in [0.4, 0.5) is 13.2 Å². The van der Waals surface area contributed by atoms with E-state index in [0.717, 1.165) is 11.1 Å². The molecule has 232 valence electrons. The number of alkyl halides is 3. The summed E-state index contributed by atoms with van der Waals surface area (Å²) in [6.07, 6.45) is -3.39. The predicted octanol–water partition coefficient (Wildman–Crippen LogP) is 1.68. The van der Waals surface area contributed by atoms with E-state index in [0.29, 0.717) is 19.5 Å². The van der Waals surface area contributed by atoms with Gasteiger partial charge >= 0.3 is 12.1 Å². The van der Waals surface area contributed by atoms with Crippen LogP contribution < -0.4 is 5.73 Å². The molecule has 2 aliphatic rings. The van der Waals surface area contributed by atoms with Crippen LogP contribution in [0.1, 0.15) is 23.5 Å². The molecule has 0 aromatic heterocycles. The van der Waals surface area contributed by atoms with Crippen molar-refractivity contribution in [3.8, 4) is 0 Å². The fourth-order valence-electron chi connectivity index (χ4n) is 4.88. The molecule has 3 N–H and O–H groups in total. The number of sulfonamides is 2. The summed E-state index contributed by atoms with van der Waals surface area (Å²) in [5.41, 5.74) is 7.43. The Morgan fingerprint density at radius 1 is 0.929 bits per heavy atom. The van der Waals surface area contributed by atoms with Crippen LogP contribution in [-0.4, -0.2) is 99.0 Å². The van der Waals surface area contributed by atoms with Crippen molar-refractivity contribution in [3.05, 3.63) is 65.7 Å². The number of piperazine rings is 1. The zero-order valence-electron chi connectivity index (χ0n) is 22.8. The van der Waals surface area contributed by atoms with E-state index < -0.39 is 38.1 Å². The fourth-order valence-corrected chi connectivity index (χ4v) is 7.31. The first-order valence-corrected chi connectivity index (χ1v) is 16.2. The van der Waals surface area contributed by atoms with Gasteiger partial charge in [-0.2, -0.15) is 21.8 Å². The van der Waals surface area contributed by atoms with Gasteiger partial charge in [-0.15, -0.1) is 0 Å². The molecule has 2 saturated heterocycles. The van der Waals surface area contributed by atoms with Crippen molar-refractivity contribution in [3.63, 3.8) is 0 Å². The van der Waals surface area contributed by atoms with Crippen molar-refractivity contribution in [1.82, 2.24) is 13.5 Å². The highest BCUT2D eigenvalue weighted by Crippen LogP contribution is 2.34. The van der Waals surface area contributed by atoms with Crippen LogP contribution in [0.5, 0.6) is 0 Å². The number of rotatable bonds is 6. The van der Waals surface area contributed by atoms with Crippen LogP contribution in [0.2, 0.25) is 0 Å². The Bertz CT molecular complexity index is 1460. The quantitative estimate of drug-likeness (QED) is 0.486. The average molecular weight is 635 g/mol. The van der Waals surface area contributed by atoms with Gasteiger partial charge in [0.05, 0.1) is 17.1 Å². The Hall–Kier alpha value is -3.05. The number of amides is 1. The molecule has 2 atom stereocenters. The number of hydrogen-bond acceptors (Lipinski definition) is 7. The number of nitrogens with two attached hydrogens (primary N) is 1. The van der Waals surface area contributed by atoms with Gasteiger partial charge in [0.25, 0.3) is 0 Å². The number of halogens is 3. The SMILES string of the molecule is CS(=O)(=O)N1CCN(C(=O)[C@H]2C[C@H](c3ccccc3)CN(S(=O)(=O)c3cccc(CN)c3)C2)CC1.O=C(O)C(F)(F)F. The second kappa shape index (κ2) is 13.5. The van der Waals surface area contributed by atoms with Crippen LogP contribution in [0.25, 0.3) is 0 Å². The normalized spacial score (nSPS) is 20.8. The Balaban J connectivity index is 0.000000616. The monoisotopic (exact) mass is 634 g/mol. The summed E-state index contributed by atoms with van der Waals surface area (Å²) in [5, 5.41) is 7.12.